The van der Waals surface area contributed by atoms with Crippen molar-refractivity contribution < 1.29 is 4.74 Å². The van der Waals surface area contributed by atoms with E-state index in [0.717, 1.165) is 49.9 Å². The maximum absolute atomic E-state index is 6.80. The van der Waals surface area contributed by atoms with Gasteiger partial charge >= 0.3 is 0 Å². The van der Waals surface area contributed by atoms with Crippen molar-refractivity contribution in [2.24, 2.45) is 5.10 Å². The number of hydrazone groups is 1. The van der Waals surface area contributed by atoms with E-state index >= 15 is 0 Å². The number of nitrogens with zero attached hydrogens (tertiary/aromatic N) is 4. The number of fused-ring (bicyclic) bond motifs is 1. The first-order valence-corrected chi connectivity index (χ1v) is 13.3. The Labute approximate surface area is 225 Å². The average molecular weight is 525 g/mol. The van der Waals surface area contributed by atoms with E-state index in [1.165, 1.54) is 11.1 Å². The minimum atomic E-state index is -0.135. The highest BCUT2D eigenvalue weighted by atomic mass is 35.5. The molecule has 2 aromatic heterocycles. The van der Waals surface area contributed by atoms with Crippen LogP contribution in [-0.2, 0) is 0 Å². The van der Waals surface area contributed by atoms with Gasteiger partial charge in [0.05, 0.1) is 30.1 Å². The van der Waals surface area contributed by atoms with Gasteiger partial charge in [-0.1, -0.05) is 71.3 Å². The lowest BCUT2D eigenvalue weighted by Crippen LogP contribution is -2.19. The van der Waals surface area contributed by atoms with Gasteiger partial charge in [-0.05, 0) is 43.7 Å². The number of ether oxygens (including phenoxy) is 1. The fraction of sp³-hybridized carbons (Fsp3) is 0.167. The van der Waals surface area contributed by atoms with Crippen LogP contribution in [0.4, 0.5) is 5.13 Å². The first-order valence-electron chi connectivity index (χ1n) is 12.1. The van der Waals surface area contributed by atoms with Crippen molar-refractivity contribution in [1.82, 2.24) is 9.97 Å². The molecule has 5 nitrogen and oxygen atoms in total. The van der Waals surface area contributed by atoms with Crippen LogP contribution < -0.4 is 9.75 Å². The summed E-state index contributed by atoms with van der Waals surface area (Å²) in [5.41, 5.74) is 8.30. The summed E-state index contributed by atoms with van der Waals surface area (Å²) in [4.78, 5) is 9.69. The fourth-order valence-corrected chi connectivity index (χ4v) is 5.69. The van der Waals surface area contributed by atoms with Gasteiger partial charge in [0.25, 0.3) is 0 Å². The zero-order valence-corrected chi connectivity index (χ0v) is 22.3. The van der Waals surface area contributed by atoms with Gasteiger partial charge in [-0.2, -0.15) is 5.10 Å². The number of aromatic nitrogens is 2. The van der Waals surface area contributed by atoms with E-state index in [1.54, 1.807) is 18.4 Å². The highest BCUT2D eigenvalue weighted by molar-refractivity contribution is 7.14. The number of benzene rings is 3. The van der Waals surface area contributed by atoms with E-state index in [0.29, 0.717) is 11.6 Å². The third-order valence-corrected chi connectivity index (χ3v) is 7.83. The molecule has 3 aromatic carbocycles. The summed E-state index contributed by atoms with van der Waals surface area (Å²) in [5, 5.41) is 11.4. The first-order chi connectivity index (χ1) is 18.0. The summed E-state index contributed by atoms with van der Waals surface area (Å²) in [6.45, 7) is 4.18. The van der Waals surface area contributed by atoms with Crippen molar-refractivity contribution in [2.45, 2.75) is 26.3 Å². The zero-order valence-electron chi connectivity index (χ0n) is 20.8. The Kier molecular flexibility index (Phi) is 6.14. The number of halogens is 1. The molecule has 6 rings (SSSR count). The number of hydrogen-bond donors (Lipinski definition) is 0. The molecule has 1 aliphatic rings. The largest absolute Gasteiger partial charge is 0.497 e. The Morgan fingerprint density at radius 3 is 2.30 bits per heavy atom. The molecule has 1 atom stereocenters. The highest BCUT2D eigenvalue weighted by Gasteiger charge is 2.33. The molecule has 0 fully saturated rings. The SMILES string of the molecule is COc1ccc2nc(Cl)c(C3CC(c4ccc(C)cc4)=NN3c3nc(-c4ccc(C)cc4)cs3)cc2c1. The van der Waals surface area contributed by atoms with Gasteiger partial charge in [-0.15, -0.1) is 11.3 Å². The molecule has 1 unspecified atom stereocenters. The lowest BCUT2D eigenvalue weighted by Gasteiger charge is -2.22. The molecule has 0 saturated carbocycles. The van der Waals surface area contributed by atoms with Crippen molar-refractivity contribution in [3.05, 3.63) is 106 Å². The number of anilines is 1. The molecule has 3 heterocycles. The van der Waals surface area contributed by atoms with Crippen molar-refractivity contribution in [1.29, 1.82) is 0 Å². The van der Waals surface area contributed by atoms with Gasteiger partial charge in [0, 0.05) is 28.3 Å². The number of aryl methyl sites for hydroxylation is 2. The second-order valence-corrected chi connectivity index (χ2v) is 10.5. The van der Waals surface area contributed by atoms with Gasteiger partial charge in [-0.25, -0.2) is 15.0 Å². The molecule has 184 valence electrons. The standard InChI is InChI=1S/C30H25ClN4OS/c1-18-4-8-20(9-5-18)26-16-28(24-15-22-14-23(36-3)12-13-25(22)32-29(24)31)35(34-26)30-33-27(17-37-30)21-10-6-19(2)7-11-21/h4-15,17,28H,16H2,1-3H3. The van der Waals surface area contributed by atoms with Gasteiger partial charge in [0.1, 0.15) is 10.9 Å². The van der Waals surface area contributed by atoms with Crippen molar-refractivity contribution >= 4 is 44.7 Å². The Morgan fingerprint density at radius 2 is 1.59 bits per heavy atom. The summed E-state index contributed by atoms with van der Waals surface area (Å²) in [6.07, 6.45) is 0.694. The maximum Gasteiger partial charge on any atom is 0.207 e. The molecule has 0 N–H and O–H groups in total. The van der Waals surface area contributed by atoms with Gasteiger partial charge < -0.3 is 4.74 Å². The second kappa shape index (κ2) is 9.61. The molecule has 0 spiro atoms. The summed E-state index contributed by atoms with van der Waals surface area (Å²) >= 11 is 8.39. The predicted molar refractivity (Wildman–Crippen MR) is 153 cm³/mol. The minimum Gasteiger partial charge on any atom is -0.497 e. The summed E-state index contributed by atoms with van der Waals surface area (Å²) in [7, 11) is 1.67. The van der Waals surface area contributed by atoms with Gasteiger partial charge in [-0.3, -0.25) is 0 Å². The van der Waals surface area contributed by atoms with E-state index in [4.69, 9.17) is 31.4 Å². The van der Waals surface area contributed by atoms with Crippen LogP contribution in [0.5, 0.6) is 5.75 Å². The summed E-state index contributed by atoms with van der Waals surface area (Å²) < 4.78 is 5.44. The smallest absolute Gasteiger partial charge is 0.207 e. The normalized spacial score (nSPS) is 15.3. The van der Waals surface area contributed by atoms with E-state index in [1.807, 2.05) is 23.2 Å². The zero-order chi connectivity index (χ0) is 25.5. The van der Waals surface area contributed by atoms with E-state index in [9.17, 15) is 0 Å². The van der Waals surface area contributed by atoms with E-state index in [-0.39, 0.29) is 6.04 Å². The topological polar surface area (TPSA) is 50.6 Å². The van der Waals surface area contributed by atoms with Crippen LogP contribution in [0.1, 0.15) is 34.7 Å². The van der Waals surface area contributed by atoms with Gasteiger partial charge in [0.2, 0.25) is 5.13 Å². The van der Waals surface area contributed by atoms with Crippen LogP contribution in [0.3, 0.4) is 0 Å². The molecular weight excluding hydrogens is 500 g/mol. The van der Waals surface area contributed by atoms with Gasteiger partial charge in [0.15, 0.2) is 0 Å². The van der Waals surface area contributed by atoms with Crippen LogP contribution in [0.15, 0.2) is 83.3 Å². The fourth-order valence-electron chi connectivity index (χ4n) is 4.58. The minimum absolute atomic E-state index is 0.135. The molecular formula is C30H25ClN4OS. The van der Waals surface area contributed by atoms with Crippen molar-refractivity contribution in [3.63, 3.8) is 0 Å². The quantitative estimate of drug-likeness (QED) is 0.219. The van der Waals surface area contributed by atoms with Crippen LogP contribution >= 0.6 is 22.9 Å². The Bertz CT molecular complexity index is 1630. The lowest BCUT2D eigenvalue weighted by molar-refractivity contribution is 0.415. The highest BCUT2D eigenvalue weighted by Crippen LogP contribution is 2.42. The molecule has 0 saturated heterocycles. The second-order valence-electron chi connectivity index (χ2n) is 9.29. The molecule has 0 aliphatic carbocycles. The first kappa shape index (κ1) is 23.6. The maximum atomic E-state index is 6.80. The average Bonchev–Trinajstić information content (AvgIpc) is 3.57. The van der Waals surface area contributed by atoms with Crippen LogP contribution in [0.2, 0.25) is 5.15 Å². The number of methoxy groups -OCH3 is 1. The van der Waals surface area contributed by atoms with E-state index in [2.05, 4.69) is 73.8 Å². The van der Waals surface area contributed by atoms with Crippen LogP contribution in [-0.4, -0.2) is 22.8 Å². The number of thiazole rings is 1. The van der Waals surface area contributed by atoms with Crippen molar-refractivity contribution in [3.8, 4) is 17.0 Å². The summed E-state index contributed by atoms with van der Waals surface area (Å²) in [5.74, 6) is 0.783. The van der Waals surface area contributed by atoms with Crippen LogP contribution in [0.25, 0.3) is 22.2 Å². The molecule has 1 aliphatic heterocycles. The number of rotatable bonds is 5. The van der Waals surface area contributed by atoms with E-state index < -0.39 is 0 Å². The van der Waals surface area contributed by atoms with Crippen molar-refractivity contribution in [2.75, 3.05) is 12.1 Å². The molecule has 0 radical (unpaired) electrons. The Balaban J connectivity index is 1.44. The Morgan fingerprint density at radius 1 is 0.892 bits per heavy atom. The molecule has 0 amide bonds. The monoisotopic (exact) mass is 524 g/mol. The third kappa shape index (κ3) is 4.59. The lowest BCUT2D eigenvalue weighted by atomic mass is 9.98. The number of hydrogen-bond acceptors (Lipinski definition) is 6. The predicted octanol–water partition coefficient (Wildman–Crippen LogP) is 7.99. The molecule has 0 bridgehead atoms. The third-order valence-electron chi connectivity index (χ3n) is 6.69. The molecule has 5 aromatic rings. The Hall–Kier alpha value is -3.74. The van der Waals surface area contributed by atoms with Crippen LogP contribution in [0, 0.1) is 13.8 Å². The molecule has 37 heavy (non-hydrogen) atoms. The molecule has 7 heteroatoms. The number of pyridine rings is 1. The summed E-state index contributed by atoms with van der Waals surface area (Å²) in [6, 6.07) is 24.7.